The molecular weight excluding hydrogens is 402 g/mol. The summed E-state index contributed by atoms with van der Waals surface area (Å²) in [6, 6.07) is 27.5. The van der Waals surface area contributed by atoms with Gasteiger partial charge in [-0.05, 0) is 28.8 Å². The predicted octanol–water partition coefficient (Wildman–Crippen LogP) is 4.66. The average Bonchev–Trinajstić information content (AvgIpc) is 3.14. The van der Waals surface area contributed by atoms with Crippen molar-refractivity contribution in [2.24, 2.45) is 11.7 Å². The van der Waals surface area contributed by atoms with Gasteiger partial charge in [-0.3, -0.25) is 4.79 Å². The first-order chi connectivity index (χ1) is 15.6. The van der Waals surface area contributed by atoms with Gasteiger partial charge in [-0.25, -0.2) is 0 Å². The van der Waals surface area contributed by atoms with Crippen molar-refractivity contribution in [3.63, 3.8) is 0 Å². The van der Waals surface area contributed by atoms with Crippen LogP contribution in [0.3, 0.4) is 0 Å². The Morgan fingerprint density at radius 3 is 2.22 bits per heavy atom. The summed E-state index contributed by atoms with van der Waals surface area (Å²) in [7, 11) is 0. The zero-order chi connectivity index (χ0) is 22.3. The summed E-state index contributed by atoms with van der Waals surface area (Å²) in [6.45, 7) is 3.56. The van der Waals surface area contributed by atoms with Crippen LogP contribution >= 0.6 is 0 Å². The molecule has 0 aromatic heterocycles. The van der Waals surface area contributed by atoms with Crippen LogP contribution < -0.4 is 5.73 Å². The summed E-state index contributed by atoms with van der Waals surface area (Å²) < 4.78 is 18.8. The first-order valence-electron chi connectivity index (χ1n) is 10.9. The number of amides is 1. The van der Waals surface area contributed by atoms with E-state index in [1.165, 1.54) is 0 Å². The molecule has 5 nitrogen and oxygen atoms in total. The lowest BCUT2D eigenvalue weighted by Crippen LogP contribution is -2.32. The van der Waals surface area contributed by atoms with Gasteiger partial charge in [0, 0.05) is 11.5 Å². The van der Waals surface area contributed by atoms with E-state index in [-0.39, 0.29) is 24.2 Å². The minimum absolute atomic E-state index is 0.0761. The standard InChI is InChI=1S/C27H29NO4/c1-19-25(22-13-8-14-23(15-22)27(28)29)32-24(18-30-16-20-9-4-2-5-10-20)26(19)31-17-21-11-6-3-7-12-21/h2-15,19,24-26H,16-18H2,1H3,(H2,28,29)/t19-,24-,25-,26?/m0/s1. The highest BCUT2D eigenvalue weighted by atomic mass is 16.6. The molecule has 0 spiro atoms. The lowest BCUT2D eigenvalue weighted by Gasteiger charge is -2.22. The maximum Gasteiger partial charge on any atom is 0.248 e. The molecular formula is C27H29NO4. The van der Waals surface area contributed by atoms with Crippen molar-refractivity contribution in [3.05, 3.63) is 107 Å². The van der Waals surface area contributed by atoms with Crippen LogP contribution in [0.15, 0.2) is 84.9 Å². The quantitative estimate of drug-likeness (QED) is 0.535. The molecule has 1 saturated heterocycles. The molecule has 0 radical (unpaired) electrons. The molecule has 3 aromatic carbocycles. The van der Waals surface area contributed by atoms with Crippen molar-refractivity contribution in [1.29, 1.82) is 0 Å². The van der Waals surface area contributed by atoms with E-state index in [0.29, 0.717) is 25.4 Å². The Morgan fingerprint density at radius 2 is 1.56 bits per heavy atom. The summed E-state index contributed by atoms with van der Waals surface area (Å²) >= 11 is 0. The number of carbonyl (C=O) groups excluding carboxylic acids is 1. The van der Waals surface area contributed by atoms with Crippen molar-refractivity contribution < 1.29 is 19.0 Å². The first kappa shape index (κ1) is 22.2. The fourth-order valence-corrected chi connectivity index (χ4v) is 4.18. The highest BCUT2D eigenvalue weighted by molar-refractivity contribution is 5.92. The molecule has 2 N–H and O–H groups in total. The molecule has 166 valence electrons. The van der Waals surface area contributed by atoms with Crippen LogP contribution in [-0.4, -0.2) is 24.7 Å². The smallest absolute Gasteiger partial charge is 0.248 e. The van der Waals surface area contributed by atoms with E-state index < -0.39 is 5.91 Å². The second kappa shape index (κ2) is 10.6. The molecule has 5 heteroatoms. The third kappa shape index (κ3) is 5.43. The summed E-state index contributed by atoms with van der Waals surface area (Å²) in [5, 5.41) is 0. The van der Waals surface area contributed by atoms with E-state index in [1.54, 1.807) is 6.07 Å². The Kier molecular flexibility index (Phi) is 7.32. The summed E-state index contributed by atoms with van der Waals surface area (Å²) in [4.78, 5) is 11.7. The van der Waals surface area contributed by atoms with Crippen LogP contribution in [0.4, 0.5) is 0 Å². The van der Waals surface area contributed by atoms with Crippen molar-refractivity contribution in [2.45, 2.75) is 38.4 Å². The molecule has 0 aliphatic carbocycles. The number of hydrogen-bond donors (Lipinski definition) is 1. The number of carbonyl (C=O) groups is 1. The van der Waals surface area contributed by atoms with E-state index in [9.17, 15) is 4.79 Å². The van der Waals surface area contributed by atoms with Gasteiger partial charge >= 0.3 is 0 Å². The highest BCUT2D eigenvalue weighted by Crippen LogP contribution is 2.40. The van der Waals surface area contributed by atoms with Gasteiger partial charge in [0.05, 0.1) is 32.0 Å². The van der Waals surface area contributed by atoms with Crippen LogP contribution in [0.25, 0.3) is 0 Å². The Labute approximate surface area is 189 Å². The van der Waals surface area contributed by atoms with Crippen LogP contribution in [0, 0.1) is 5.92 Å². The van der Waals surface area contributed by atoms with Gasteiger partial charge in [0.25, 0.3) is 0 Å². The van der Waals surface area contributed by atoms with Gasteiger partial charge in [0.15, 0.2) is 0 Å². The predicted molar refractivity (Wildman–Crippen MR) is 123 cm³/mol. The molecule has 32 heavy (non-hydrogen) atoms. The second-order valence-corrected chi connectivity index (χ2v) is 8.21. The van der Waals surface area contributed by atoms with Crippen molar-refractivity contribution in [2.75, 3.05) is 6.61 Å². The molecule has 1 fully saturated rings. The number of ether oxygens (including phenoxy) is 3. The van der Waals surface area contributed by atoms with Crippen LogP contribution in [0.1, 0.15) is 40.1 Å². The third-order valence-corrected chi connectivity index (χ3v) is 5.86. The van der Waals surface area contributed by atoms with E-state index in [2.05, 4.69) is 19.1 Å². The van der Waals surface area contributed by atoms with Gasteiger partial charge in [-0.2, -0.15) is 0 Å². The molecule has 1 aliphatic rings. The van der Waals surface area contributed by atoms with Crippen LogP contribution in [-0.2, 0) is 27.4 Å². The van der Waals surface area contributed by atoms with Crippen LogP contribution in [0.2, 0.25) is 0 Å². The van der Waals surface area contributed by atoms with E-state index in [1.807, 2.05) is 66.7 Å². The summed E-state index contributed by atoms with van der Waals surface area (Å²) in [5.41, 5.74) is 9.11. The van der Waals surface area contributed by atoms with Crippen molar-refractivity contribution in [1.82, 2.24) is 0 Å². The lowest BCUT2D eigenvalue weighted by molar-refractivity contribution is -0.0728. The van der Waals surface area contributed by atoms with Crippen LogP contribution in [0.5, 0.6) is 0 Å². The minimum atomic E-state index is -0.447. The number of benzene rings is 3. The van der Waals surface area contributed by atoms with Crippen molar-refractivity contribution in [3.8, 4) is 0 Å². The lowest BCUT2D eigenvalue weighted by atomic mass is 9.92. The maximum atomic E-state index is 11.7. The second-order valence-electron chi connectivity index (χ2n) is 8.21. The number of primary amides is 1. The fourth-order valence-electron chi connectivity index (χ4n) is 4.18. The molecule has 1 amide bonds. The molecule has 1 heterocycles. The first-order valence-corrected chi connectivity index (χ1v) is 10.9. The van der Waals surface area contributed by atoms with Gasteiger partial charge in [-0.1, -0.05) is 79.7 Å². The van der Waals surface area contributed by atoms with Gasteiger partial charge in [0.2, 0.25) is 5.91 Å². The number of hydrogen-bond acceptors (Lipinski definition) is 4. The molecule has 1 aliphatic heterocycles. The Morgan fingerprint density at radius 1 is 0.906 bits per heavy atom. The molecule has 0 saturated carbocycles. The average molecular weight is 432 g/mol. The zero-order valence-electron chi connectivity index (χ0n) is 18.2. The summed E-state index contributed by atoms with van der Waals surface area (Å²) in [5.74, 6) is -0.371. The van der Waals surface area contributed by atoms with Gasteiger partial charge in [0.1, 0.15) is 6.10 Å². The third-order valence-electron chi connectivity index (χ3n) is 5.86. The molecule has 0 bridgehead atoms. The SMILES string of the molecule is C[C@@H]1C(OCc2ccccc2)[C@H](COCc2ccccc2)O[C@@H]1c1cccc(C(N)=O)c1. The number of nitrogens with two attached hydrogens (primary N) is 1. The molecule has 4 rings (SSSR count). The molecule has 3 aromatic rings. The fraction of sp³-hybridized carbons (Fsp3) is 0.296. The molecule has 4 atom stereocenters. The monoisotopic (exact) mass is 431 g/mol. The van der Waals surface area contributed by atoms with Crippen molar-refractivity contribution >= 4 is 5.91 Å². The van der Waals surface area contributed by atoms with E-state index >= 15 is 0 Å². The topological polar surface area (TPSA) is 70.8 Å². The molecule has 1 unspecified atom stereocenters. The highest BCUT2D eigenvalue weighted by Gasteiger charge is 2.43. The van der Waals surface area contributed by atoms with Gasteiger partial charge in [-0.15, -0.1) is 0 Å². The Bertz CT molecular complexity index is 1010. The zero-order valence-corrected chi connectivity index (χ0v) is 18.2. The number of rotatable bonds is 9. The largest absolute Gasteiger partial charge is 0.374 e. The summed E-state index contributed by atoms with van der Waals surface area (Å²) in [6.07, 6.45) is -0.576. The minimum Gasteiger partial charge on any atom is -0.374 e. The van der Waals surface area contributed by atoms with Gasteiger partial charge < -0.3 is 19.9 Å². The normalized spacial score (nSPS) is 22.7. The van der Waals surface area contributed by atoms with E-state index in [4.69, 9.17) is 19.9 Å². The Hall–Kier alpha value is -2.99. The van der Waals surface area contributed by atoms with E-state index in [0.717, 1.165) is 16.7 Å². The Balaban J connectivity index is 1.48. The maximum absolute atomic E-state index is 11.7.